The molecule has 2 rings (SSSR count). The summed E-state index contributed by atoms with van der Waals surface area (Å²) in [6.07, 6.45) is 0. The molecule has 0 amide bonds. The maximum atomic E-state index is 11.8. The summed E-state index contributed by atoms with van der Waals surface area (Å²) >= 11 is 5.74. The maximum absolute atomic E-state index is 11.8. The number of rotatable bonds is 5. The second kappa shape index (κ2) is 7.05. The van der Waals surface area contributed by atoms with E-state index in [1.54, 1.807) is 0 Å². The number of hydrogen-bond donors (Lipinski definition) is 1. The lowest BCUT2D eigenvalue weighted by Crippen LogP contribution is -2.16. The van der Waals surface area contributed by atoms with Crippen molar-refractivity contribution in [1.82, 2.24) is 0 Å². The zero-order chi connectivity index (χ0) is 18.8. The van der Waals surface area contributed by atoms with Crippen LogP contribution in [0.1, 0.15) is 10.4 Å². The van der Waals surface area contributed by atoms with Crippen LogP contribution in [0.4, 0.5) is 5.69 Å². The highest BCUT2D eigenvalue weighted by Crippen LogP contribution is 2.38. The molecule has 132 valence electrons. The van der Waals surface area contributed by atoms with Gasteiger partial charge in [0.2, 0.25) is 15.8 Å². The molecule has 9 nitrogen and oxygen atoms in total. The van der Waals surface area contributed by atoms with Crippen molar-refractivity contribution in [2.45, 2.75) is 4.90 Å². The minimum atomic E-state index is -4.45. The number of nitro benzene ring substituents is 1. The fraction of sp³-hybridized carbons (Fsp3) is 0.0714. The van der Waals surface area contributed by atoms with Crippen LogP contribution in [0, 0.1) is 10.1 Å². The molecule has 0 aromatic heterocycles. The van der Waals surface area contributed by atoms with E-state index in [2.05, 4.69) is 4.74 Å². The molecule has 0 heterocycles. The number of sulfonamides is 1. The molecule has 0 unspecified atom stereocenters. The normalized spacial score (nSPS) is 11.0. The van der Waals surface area contributed by atoms with Crippen molar-refractivity contribution in [2.75, 3.05) is 7.11 Å². The van der Waals surface area contributed by atoms with E-state index in [4.69, 9.17) is 21.5 Å². The highest BCUT2D eigenvalue weighted by molar-refractivity contribution is 7.89. The van der Waals surface area contributed by atoms with Crippen LogP contribution in [0.15, 0.2) is 41.3 Å². The second-order valence-corrected chi connectivity index (χ2v) is 6.64. The fourth-order valence-corrected chi connectivity index (χ4v) is 2.72. The molecule has 0 aliphatic rings. The molecule has 25 heavy (non-hydrogen) atoms. The van der Waals surface area contributed by atoms with Gasteiger partial charge in [-0.25, -0.2) is 18.4 Å². The lowest BCUT2D eigenvalue weighted by Gasteiger charge is -2.12. The summed E-state index contributed by atoms with van der Waals surface area (Å²) < 4.78 is 33.5. The summed E-state index contributed by atoms with van der Waals surface area (Å²) in [5.41, 5.74) is -1.12. The van der Waals surface area contributed by atoms with Crippen LogP contribution < -0.4 is 9.88 Å². The van der Waals surface area contributed by atoms with Crippen molar-refractivity contribution in [2.24, 2.45) is 5.14 Å². The number of carbonyl (C=O) groups is 1. The van der Waals surface area contributed by atoms with Gasteiger partial charge in [0.1, 0.15) is 10.6 Å². The predicted octanol–water partition coefficient (Wildman–Crippen LogP) is 2.47. The molecule has 11 heteroatoms. The van der Waals surface area contributed by atoms with Crippen molar-refractivity contribution in [3.63, 3.8) is 0 Å². The first-order chi connectivity index (χ1) is 11.6. The molecule has 0 aliphatic carbocycles. The largest absolute Gasteiger partial charge is 0.465 e. The van der Waals surface area contributed by atoms with Crippen LogP contribution in [-0.2, 0) is 14.8 Å². The molecule has 0 bridgehead atoms. The standard InChI is InChI=1S/C14H11ClN2O7S/c1-23-14(18)8-6-11(17(19)20)13(12(7-8)25(16,21)22)24-10-4-2-9(15)3-5-10/h2-7H,1H3,(H2,16,21,22). The number of benzene rings is 2. The zero-order valence-corrected chi connectivity index (χ0v) is 14.2. The van der Waals surface area contributed by atoms with Crippen molar-refractivity contribution in [3.05, 3.63) is 57.1 Å². The van der Waals surface area contributed by atoms with Gasteiger partial charge in [0.15, 0.2) is 0 Å². The molecule has 0 fully saturated rings. The quantitative estimate of drug-likeness (QED) is 0.473. The highest BCUT2D eigenvalue weighted by Gasteiger charge is 2.29. The Morgan fingerprint density at radius 3 is 2.32 bits per heavy atom. The zero-order valence-electron chi connectivity index (χ0n) is 12.6. The molecule has 0 radical (unpaired) electrons. The van der Waals surface area contributed by atoms with Gasteiger partial charge in [-0.3, -0.25) is 10.1 Å². The van der Waals surface area contributed by atoms with Crippen LogP contribution >= 0.6 is 11.6 Å². The van der Waals surface area contributed by atoms with Gasteiger partial charge in [-0.2, -0.15) is 0 Å². The van der Waals surface area contributed by atoms with Crippen molar-refractivity contribution >= 4 is 33.3 Å². The Labute approximate surface area is 147 Å². The van der Waals surface area contributed by atoms with E-state index >= 15 is 0 Å². The van der Waals surface area contributed by atoms with Crippen LogP contribution in [0.2, 0.25) is 5.02 Å². The fourth-order valence-electron chi connectivity index (χ4n) is 1.89. The summed E-state index contributed by atoms with van der Waals surface area (Å²) in [4.78, 5) is 21.3. The average molecular weight is 387 g/mol. The second-order valence-electron chi connectivity index (χ2n) is 4.67. The minimum absolute atomic E-state index is 0.0863. The van der Waals surface area contributed by atoms with E-state index in [0.717, 1.165) is 19.2 Å². The number of methoxy groups -OCH3 is 1. The highest BCUT2D eigenvalue weighted by atomic mass is 35.5. The summed E-state index contributed by atoms with van der Waals surface area (Å²) in [7, 11) is -3.40. The van der Waals surface area contributed by atoms with Crippen molar-refractivity contribution < 1.29 is 27.6 Å². The van der Waals surface area contributed by atoms with Crippen LogP contribution in [0.25, 0.3) is 0 Å². The first-order valence-corrected chi connectivity index (χ1v) is 8.43. The van der Waals surface area contributed by atoms with Gasteiger partial charge in [-0.1, -0.05) is 11.6 Å². The molecular formula is C14H11ClN2O7S. The van der Waals surface area contributed by atoms with Crippen molar-refractivity contribution in [3.8, 4) is 11.5 Å². The number of nitrogens with zero attached hydrogens (tertiary/aromatic N) is 1. The number of primary sulfonamides is 1. The monoisotopic (exact) mass is 386 g/mol. The maximum Gasteiger partial charge on any atom is 0.338 e. The third kappa shape index (κ3) is 4.24. The van der Waals surface area contributed by atoms with Crippen LogP contribution in [-0.4, -0.2) is 26.4 Å². The molecule has 0 spiro atoms. The van der Waals surface area contributed by atoms with Crippen molar-refractivity contribution in [1.29, 1.82) is 0 Å². The van der Waals surface area contributed by atoms with Gasteiger partial charge < -0.3 is 9.47 Å². The van der Waals surface area contributed by atoms with E-state index in [1.807, 2.05) is 0 Å². The molecule has 2 aromatic rings. The van der Waals surface area contributed by atoms with E-state index in [1.165, 1.54) is 24.3 Å². The Morgan fingerprint density at radius 1 is 1.24 bits per heavy atom. The number of nitro groups is 1. The lowest BCUT2D eigenvalue weighted by atomic mass is 10.2. The molecule has 0 saturated carbocycles. The Bertz CT molecular complexity index is 942. The Hall–Kier alpha value is -2.69. The van der Waals surface area contributed by atoms with Gasteiger partial charge in [0, 0.05) is 11.1 Å². The third-order valence-electron chi connectivity index (χ3n) is 2.99. The lowest BCUT2D eigenvalue weighted by molar-refractivity contribution is -0.385. The molecule has 2 N–H and O–H groups in total. The number of carbonyl (C=O) groups excluding carboxylic acids is 1. The molecule has 0 aliphatic heterocycles. The first kappa shape index (κ1) is 18.6. The predicted molar refractivity (Wildman–Crippen MR) is 87.3 cm³/mol. The van der Waals surface area contributed by atoms with E-state index in [9.17, 15) is 23.3 Å². The van der Waals surface area contributed by atoms with Gasteiger partial charge in [-0.05, 0) is 30.3 Å². The number of esters is 1. The number of ether oxygens (including phenoxy) is 2. The topological polar surface area (TPSA) is 139 Å². The Balaban J connectivity index is 2.72. The molecule has 2 aromatic carbocycles. The third-order valence-corrected chi connectivity index (χ3v) is 4.16. The van der Waals surface area contributed by atoms with Gasteiger partial charge in [0.05, 0.1) is 17.6 Å². The smallest absolute Gasteiger partial charge is 0.338 e. The number of halogens is 1. The SMILES string of the molecule is COC(=O)c1cc([N+](=O)[O-])c(Oc2ccc(Cl)cc2)c(S(N)(=O)=O)c1. The van der Waals surface area contributed by atoms with Gasteiger partial charge in [-0.15, -0.1) is 0 Å². The summed E-state index contributed by atoms with van der Waals surface area (Å²) in [5, 5.41) is 16.8. The Morgan fingerprint density at radius 2 is 1.84 bits per heavy atom. The van der Waals surface area contributed by atoms with E-state index in [0.29, 0.717) is 5.02 Å². The summed E-state index contributed by atoms with van der Waals surface area (Å²) in [6, 6.07) is 7.34. The average Bonchev–Trinajstić information content (AvgIpc) is 2.55. The number of hydrogen-bond acceptors (Lipinski definition) is 7. The number of nitrogens with two attached hydrogens (primary N) is 1. The minimum Gasteiger partial charge on any atom is -0.465 e. The summed E-state index contributed by atoms with van der Waals surface area (Å²) in [5.74, 6) is -1.50. The molecular weight excluding hydrogens is 376 g/mol. The molecule has 0 saturated heterocycles. The summed E-state index contributed by atoms with van der Waals surface area (Å²) in [6.45, 7) is 0. The van der Waals surface area contributed by atoms with E-state index in [-0.39, 0.29) is 11.3 Å². The van der Waals surface area contributed by atoms with Gasteiger partial charge in [0.25, 0.3) is 0 Å². The van der Waals surface area contributed by atoms with E-state index < -0.39 is 37.2 Å². The van der Waals surface area contributed by atoms with Gasteiger partial charge >= 0.3 is 11.7 Å². The Kier molecular flexibility index (Phi) is 5.26. The first-order valence-electron chi connectivity index (χ1n) is 6.50. The van der Waals surface area contributed by atoms with Crippen LogP contribution in [0.3, 0.4) is 0 Å². The molecule has 0 atom stereocenters. The van der Waals surface area contributed by atoms with Crippen LogP contribution in [0.5, 0.6) is 11.5 Å².